The van der Waals surface area contributed by atoms with Gasteiger partial charge in [0, 0.05) is 24.4 Å². The van der Waals surface area contributed by atoms with E-state index >= 15 is 0 Å². The Labute approximate surface area is 170 Å². The number of nitrogens with zero attached hydrogens (tertiary/aromatic N) is 2. The summed E-state index contributed by atoms with van der Waals surface area (Å²) < 4.78 is 24.6. The molecule has 7 nitrogen and oxygen atoms in total. The van der Waals surface area contributed by atoms with Gasteiger partial charge in [-0.3, -0.25) is 4.79 Å². The molecule has 2 N–H and O–H groups in total. The lowest BCUT2D eigenvalue weighted by Gasteiger charge is -2.58. The predicted molar refractivity (Wildman–Crippen MR) is 109 cm³/mol. The fourth-order valence-corrected chi connectivity index (χ4v) is 6.63. The molecule has 4 aliphatic rings. The van der Waals surface area contributed by atoms with Gasteiger partial charge in [-0.2, -0.15) is 0 Å². The van der Waals surface area contributed by atoms with E-state index in [1.165, 1.54) is 6.26 Å². The summed E-state index contributed by atoms with van der Waals surface area (Å²) in [6.45, 7) is 0.344. The molecular weight excluding hydrogens is 390 g/mol. The molecule has 0 radical (unpaired) electrons. The Morgan fingerprint density at radius 2 is 2.00 bits per heavy atom. The second kappa shape index (κ2) is 6.54. The second-order valence-electron chi connectivity index (χ2n) is 9.46. The SMILES string of the molecule is CS(=O)(=O)CCn1cnc2cc(C(=O)NC3[C@@H]4CC5C[C@H]3CC(O)(C5)C4)ccc21. The molecule has 6 rings (SSSR count). The molecule has 3 unspecified atom stereocenters. The minimum absolute atomic E-state index is 0.0541. The molecule has 1 amide bonds. The number of hydrogen-bond donors (Lipinski definition) is 2. The largest absolute Gasteiger partial charge is 0.390 e. The smallest absolute Gasteiger partial charge is 0.251 e. The minimum Gasteiger partial charge on any atom is -0.390 e. The number of imidazole rings is 1. The molecule has 0 aliphatic heterocycles. The van der Waals surface area contributed by atoms with Gasteiger partial charge in [-0.15, -0.1) is 0 Å². The number of hydrogen-bond acceptors (Lipinski definition) is 5. The van der Waals surface area contributed by atoms with Crippen LogP contribution >= 0.6 is 0 Å². The zero-order valence-electron chi connectivity index (χ0n) is 16.5. The van der Waals surface area contributed by atoms with Gasteiger partial charge in [-0.1, -0.05) is 0 Å². The second-order valence-corrected chi connectivity index (χ2v) is 11.7. The van der Waals surface area contributed by atoms with Gasteiger partial charge >= 0.3 is 0 Å². The average molecular weight is 418 g/mol. The topological polar surface area (TPSA) is 101 Å². The minimum atomic E-state index is -3.05. The Hall–Kier alpha value is -1.93. The standard InChI is InChI=1S/C21H27N3O4S/c1-29(27,28)5-4-24-12-22-17-8-14(2-3-18(17)24)20(25)23-19-15-6-13-7-16(19)11-21(26,9-13)10-15/h2-3,8,12-13,15-16,19,26H,4-7,9-11H2,1H3,(H,23,25)/t13?,15-,16+,19?,21?. The first-order valence-corrected chi connectivity index (χ1v) is 12.4. The number of nitrogens with one attached hydrogen (secondary N) is 1. The molecule has 1 heterocycles. The quantitative estimate of drug-likeness (QED) is 0.772. The van der Waals surface area contributed by atoms with Crippen LogP contribution < -0.4 is 5.32 Å². The first-order valence-electron chi connectivity index (χ1n) is 10.3. The summed E-state index contributed by atoms with van der Waals surface area (Å²) in [6, 6.07) is 5.52. The first-order chi connectivity index (χ1) is 13.7. The van der Waals surface area contributed by atoms with Crippen molar-refractivity contribution in [3.8, 4) is 0 Å². The van der Waals surface area contributed by atoms with Crippen molar-refractivity contribution >= 4 is 26.8 Å². The van der Waals surface area contributed by atoms with E-state index in [0.29, 0.717) is 35.4 Å². The van der Waals surface area contributed by atoms with E-state index in [9.17, 15) is 18.3 Å². The summed E-state index contributed by atoms with van der Waals surface area (Å²) in [5, 5.41) is 14.0. The molecule has 1 aromatic heterocycles. The molecule has 5 atom stereocenters. The van der Waals surface area contributed by atoms with Gasteiger partial charge < -0.3 is 15.0 Å². The highest BCUT2D eigenvalue weighted by Crippen LogP contribution is 2.55. The van der Waals surface area contributed by atoms with E-state index in [2.05, 4.69) is 10.3 Å². The number of carbonyl (C=O) groups excluding carboxylic acids is 1. The van der Waals surface area contributed by atoms with Crippen molar-refractivity contribution in [3.05, 3.63) is 30.1 Å². The first kappa shape index (κ1) is 19.1. The van der Waals surface area contributed by atoms with E-state index < -0.39 is 15.4 Å². The average Bonchev–Trinajstić information content (AvgIpc) is 3.03. The van der Waals surface area contributed by atoms with Gasteiger partial charge in [-0.25, -0.2) is 13.4 Å². The van der Waals surface area contributed by atoms with Crippen molar-refractivity contribution in [2.24, 2.45) is 17.8 Å². The third kappa shape index (κ3) is 3.57. The summed E-state index contributed by atoms with van der Waals surface area (Å²) in [7, 11) is -3.05. The number of aromatic nitrogens is 2. The lowest BCUT2D eigenvalue weighted by molar-refractivity contribution is -0.136. The van der Waals surface area contributed by atoms with Crippen molar-refractivity contribution < 1.29 is 18.3 Å². The van der Waals surface area contributed by atoms with Crippen molar-refractivity contribution in [1.29, 1.82) is 0 Å². The maximum Gasteiger partial charge on any atom is 0.251 e. The molecule has 1 aromatic carbocycles. The number of fused-ring (bicyclic) bond motifs is 1. The lowest BCUT2D eigenvalue weighted by atomic mass is 9.52. The van der Waals surface area contributed by atoms with Crippen LogP contribution in [0.25, 0.3) is 11.0 Å². The van der Waals surface area contributed by atoms with E-state index in [4.69, 9.17) is 0 Å². The van der Waals surface area contributed by atoms with Gasteiger partial charge in [0.25, 0.3) is 5.91 Å². The molecule has 0 spiro atoms. The van der Waals surface area contributed by atoms with Crippen LogP contribution in [0, 0.1) is 17.8 Å². The molecule has 4 fully saturated rings. The Balaban J connectivity index is 1.32. The van der Waals surface area contributed by atoms with Crippen LogP contribution in [0.1, 0.15) is 42.5 Å². The molecule has 0 saturated heterocycles. The summed E-state index contributed by atoms with van der Waals surface area (Å²) in [5.41, 5.74) is 1.57. The normalized spacial score (nSPS) is 33.3. The molecule has 4 bridgehead atoms. The number of aryl methyl sites for hydroxylation is 1. The Bertz CT molecular complexity index is 1060. The highest BCUT2D eigenvalue weighted by Gasteiger charge is 2.55. The molecule has 4 saturated carbocycles. The number of rotatable bonds is 5. The predicted octanol–water partition coefficient (Wildman–Crippen LogP) is 1.75. The fraction of sp³-hybridized carbons (Fsp3) is 0.619. The number of aliphatic hydroxyl groups is 1. The molecule has 4 aliphatic carbocycles. The van der Waals surface area contributed by atoms with Crippen LogP contribution in [-0.4, -0.2) is 52.6 Å². The van der Waals surface area contributed by atoms with Crippen LogP contribution in [0.3, 0.4) is 0 Å². The van der Waals surface area contributed by atoms with Gasteiger partial charge in [0.15, 0.2) is 0 Å². The molecular formula is C21H27N3O4S. The number of amides is 1. The van der Waals surface area contributed by atoms with Crippen molar-refractivity contribution in [2.45, 2.75) is 50.3 Å². The molecule has 8 heteroatoms. The molecule has 29 heavy (non-hydrogen) atoms. The van der Waals surface area contributed by atoms with Crippen molar-refractivity contribution in [2.75, 3.05) is 12.0 Å². The van der Waals surface area contributed by atoms with Crippen molar-refractivity contribution in [3.63, 3.8) is 0 Å². The van der Waals surface area contributed by atoms with Crippen LogP contribution in [0.5, 0.6) is 0 Å². The maximum atomic E-state index is 12.9. The Morgan fingerprint density at radius 3 is 2.66 bits per heavy atom. The van der Waals surface area contributed by atoms with Crippen LogP contribution in [-0.2, 0) is 16.4 Å². The third-order valence-corrected chi connectivity index (χ3v) is 8.05. The summed E-state index contributed by atoms with van der Waals surface area (Å²) in [5.74, 6) is 1.31. The zero-order chi connectivity index (χ0) is 20.4. The van der Waals surface area contributed by atoms with Gasteiger partial charge in [0.05, 0.1) is 28.7 Å². The maximum absolute atomic E-state index is 12.9. The zero-order valence-corrected chi connectivity index (χ0v) is 17.4. The summed E-state index contributed by atoms with van der Waals surface area (Å²) in [4.78, 5) is 17.3. The number of carbonyl (C=O) groups is 1. The van der Waals surface area contributed by atoms with E-state index in [1.54, 1.807) is 23.0 Å². The number of sulfone groups is 1. The van der Waals surface area contributed by atoms with Crippen LogP contribution in [0.15, 0.2) is 24.5 Å². The van der Waals surface area contributed by atoms with Crippen LogP contribution in [0.4, 0.5) is 0 Å². The Kier molecular flexibility index (Phi) is 4.30. The summed E-state index contributed by atoms with van der Waals surface area (Å²) in [6.07, 6.45) is 7.58. The van der Waals surface area contributed by atoms with Crippen molar-refractivity contribution in [1.82, 2.24) is 14.9 Å². The van der Waals surface area contributed by atoms with Crippen LogP contribution in [0.2, 0.25) is 0 Å². The van der Waals surface area contributed by atoms with Gasteiger partial charge in [0.1, 0.15) is 9.84 Å². The third-order valence-electron chi connectivity index (χ3n) is 7.12. The summed E-state index contributed by atoms with van der Waals surface area (Å²) >= 11 is 0. The highest BCUT2D eigenvalue weighted by atomic mass is 32.2. The van der Waals surface area contributed by atoms with E-state index in [1.807, 2.05) is 6.07 Å². The van der Waals surface area contributed by atoms with Gasteiger partial charge in [-0.05, 0) is 68.1 Å². The molecule has 156 valence electrons. The highest BCUT2D eigenvalue weighted by molar-refractivity contribution is 7.90. The fourth-order valence-electron chi connectivity index (χ4n) is 6.10. The monoisotopic (exact) mass is 417 g/mol. The Morgan fingerprint density at radius 1 is 1.28 bits per heavy atom. The molecule has 2 aromatic rings. The lowest BCUT2D eigenvalue weighted by Crippen LogP contribution is -2.61. The van der Waals surface area contributed by atoms with Gasteiger partial charge in [0.2, 0.25) is 0 Å². The van der Waals surface area contributed by atoms with E-state index in [-0.39, 0.29) is 17.7 Å². The number of benzene rings is 1. The van der Waals surface area contributed by atoms with E-state index in [0.717, 1.165) is 37.6 Å².